The summed E-state index contributed by atoms with van der Waals surface area (Å²) in [7, 11) is 0. The first-order valence-electron chi connectivity index (χ1n) is 13.4. The lowest BCUT2D eigenvalue weighted by Gasteiger charge is -2.28. The third kappa shape index (κ3) is 6.60. The number of rotatable bonds is 10. The van der Waals surface area contributed by atoms with Crippen molar-refractivity contribution in [2.75, 3.05) is 13.1 Å². The van der Waals surface area contributed by atoms with Gasteiger partial charge >= 0.3 is 5.69 Å². The predicted octanol–water partition coefficient (Wildman–Crippen LogP) is -0.802. The maximum absolute atomic E-state index is 13.1. The molecule has 0 unspecified atom stereocenters. The molecule has 2 saturated heterocycles. The molecule has 14 nitrogen and oxygen atoms in total. The van der Waals surface area contributed by atoms with Crippen molar-refractivity contribution in [3.05, 3.63) is 93.3 Å². The number of carbonyl (C=O) groups excluding carboxylic acids is 1. The number of carbonyl (C=O) groups is 1. The van der Waals surface area contributed by atoms with Gasteiger partial charge in [-0.2, -0.15) is 0 Å². The van der Waals surface area contributed by atoms with E-state index in [9.17, 15) is 29.7 Å². The van der Waals surface area contributed by atoms with Crippen molar-refractivity contribution in [1.29, 1.82) is 0 Å². The first-order chi connectivity index (χ1) is 20.2. The molecule has 7 N–H and O–H groups in total. The summed E-state index contributed by atoms with van der Waals surface area (Å²) < 4.78 is 24.4. The molecular weight excluding hydrogens is 552 g/mol. The largest absolute Gasteiger partial charge is 0.457 e. The standard InChI is InChI=1S/C28H32N4O10/c29-13-20-23(35)24(36)27(41-20)42-21(19-12-18(33)26(40-19)32-10-9-22(34)31-28(32)38)14-30-25(37)15-5-4-8-17(11-15)39-16-6-2-1-3-7-16/h1-11,18-21,23-24,26-27,33,35-36H,12-14,29H2,(H,30,37)(H,31,34,38)/t18-,19+,20-,21+,23-,24-,26-,27+/m1/s1. The lowest BCUT2D eigenvalue weighted by atomic mass is 10.1. The van der Waals surface area contributed by atoms with Gasteiger partial charge < -0.3 is 45.3 Å². The van der Waals surface area contributed by atoms with Gasteiger partial charge in [-0.15, -0.1) is 0 Å². The Balaban J connectivity index is 1.31. The fourth-order valence-electron chi connectivity index (χ4n) is 4.88. The van der Waals surface area contributed by atoms with Gasteiger partial charge in [-0.1, -0.05) is 24.3 Å². The minimum absolute atomic E-state index is 0.0249. The Morgan fingerprint density at radius 1 is 1.05 bits per heavy atom. The van der Waals surface area contributed by atoms with E-state index in [4.69, 9.17) is 24.7 Å². The van der Waals surface area contributed by atoms with E-state index in [-0.39, 0.29) is 19.5 Å². The van der Waals surface area contributed by atoms with Crippen LogP contribution in [0.25, 0.3) is 0 Å². The molecule has 1 aromatic heterocycles. The summed E-state index contributed by atoms with van der Waals surface area (Å²) >= 11 is 0. The molecule has 0 bridgehead atoms. The number of amides is 1. The number of ether oxygens (including phenoxy) is 4. The van der Waals surface area contributed by atoms with E-state index in [1.807, 2.05) is 18.2 Å². The first-order valence-corrected chi connectivity index (χ1v) is 13.4. The van der Waals surface area contributed by atoms with E-state index in [1.54, 1.807) is 36.4 Å². The molecule has 14 heteroatoms. The average Bonchev–Trinajstić information content (AvgIpc) is 3.49. The fraction of sp³-hybridized carbons (Fsp3) is 0.393. The summed E-state index contributed by atoms with van der Waals surface area (Å²) in [5.41, 5.74) is 4.52. The number of nitrogens with two attached hydrogens (primary N) is 1. The van der Waals surface area contributed by atoms with E-state index in [0.29, 0.717) is 17.1 Å². The van der Waals surface area contributed by atoms with Crippen LogP contribution in [0.15, 0.2) is 76.4 Å². The van der Waals surface area contributed by atoms with Crippen LogP contribution in [0.3, 0.4) is 0 Å². The van der Waals surface area contributed by atoms with Gasteiger partial charge in [-0.05, 0) is 30.3 Å². The van der Waals surface area contributed by atoms with Crippen molar-refractivity contribution in [2.24, 2.45) is 5.73 Å². The number of hydrogen-bond donors (Lipinski definition) is 6. The van der Waals surface area contributed by atoms with Gasteiger partial charge in [0.1, 0.15) is 42.0 Å². The maximum Gasteiger partial charge on any atom is 0.330 e. The Morgan fingerprint density at radius 2 is 1.81 bits per heavy atom. The number of benzene rings is 2. The number of aromatic nitrogens is 2. The van der Waals surface area contributed by atoms with Gasteiger partial charge in [-0.25, -0.2) is 4.79 Å². The molecule has 2 aliphatic rings. The second-order valence-corrected chi connectivity index (χ2v) is 9.97. The molecule has 2 fully saturated rings. The fourth-order valence-corrected chi connectivity index (χ4v) is 4.88. The van der Waals surface area contributed by atoms with Crippen molar-refractivity contribution >= 4 is 5.91 Å². The zero-order valence-corrected chi connectivity index (χ0v) is 22.3. The zero-order chi connectivity index (χ0) is 29.8. The van der Waals surface area contributed by atoms with Crippen molar-refractivity contribution in [3.8, 4) is 11.5 Å². The highest BCUT2D eigenvalue weighted by atomic mass is 16.7. The molecule has 2 aromatic carbocycles. The molecule has 0 aliphatic carbocycles. The predicted molar refractivity (Wildman–Crippen MR) is 146 cm³/mol. The summed E-state index contributed by atoms with van der Waals surface area (Å²) in [6.07, 6.45) is -8.01. The van der Waals surface area contributed by atoms with E-state index in [0.717, 1.165) is 10.6 Å². The van der Waals surface area contributed by atoms with Crippen LogP contribution in [0.4, 0.5) is 0 Å². The zero-order valence-electron chi connectivity index (χ0n) is 22.3. The minimum Gasteiger partial charge on any atom is -0.457 e. The molecule has 0 radical (unpaired) electrons. The lowest BCUT2D eigenvalue weighted by Crippen LogP contribution is -2.45. The molecule has 3 heterocycles. The van der Waals surface area contributed by atoms with Gasteiger partial charge in [0.15, 0.2) is 12.5 Å². The first kappa shape index (κ1) is 29.6. The number of hydrogen-bond acceptors (Lipinski definition) is 11. The van der Waals surface area contributed by atoms with Crippen LogP contribution < -0.4 is 27.0 Å². The minimum atomic E-state index is -1.44. The molecule has 1 amide bonds. The molecule has 0 saturated carbocycles. The van der Waals surface area contributed by atoms with Gasteiger partial charge in [0.25, 0.3) is 11.5 Å². The summed E-state index contributed by atoms with van der Waals surface area (Å²) in [5, 5.41) is 34.2. The number of aromatic amines is 1. The molecule has 2 aliphatic heterocycles. The van der Waals surface area contributed by atoms with Crippen molar-refractivity contribution in [2.45, 2.75) is 55.6 Å². The Kier molecular flexibility index (Phi) is 9.13. The summed E-state index contributed by atoms with van der Waals surface area (Å²) in [6.45, 7) is -0.236. The number of nitrogens with one attached hydrogen (secondary N) is 2. The molecule has 42 heavy (non-hydrogen) atoms. The van der Waals surface area contributed by atoms with Gasteiger partial charge in [0.2, 0.25) is 0 Å². The molecule has 5 rings (SSSR count). The lowest BCUT2D eigenvalue weighted by molar-refractivity contribution is -0.212. The second-order valence-electron chi connectivity index (χ2n) is 9.97. The second kappa shape index (κ2) is 13.0. The third-order valence-corrected chi connectivity index (χ3v) is 7.06. The highest BCUT2D eigenvalue weighted by Gasteiger charge is 2.47. The van der Waals surface area contributed by atoms with Crippen LogP contribution in [-0.4, -0.2) is 86.8 Å². The van der Waals surface area contributed by atoms with Gasteiger partial charge in [-0.3, -0.25) is 19.1 Å². The van der Waals surface area contributed by atoms with E-state index in [1.165, 1.54) is 6.20 Å². The Hall–Kier alpha value is -3.89. The van der Waals surface area contributed by atoms with Crippen LogP contribution in [0.5, 0.6) is 11.5 Å². The van der Waals surface area contributed by atoms with Crippen LogP contribution in [0, 0.1) is 0 Å². The molecule has 8 atom stereocenters. The molecular formula is C28H32N4O10. The van der Waals surface area contributed by atoms with E-state index < -0.39 is 66.3 Å². The van der Waals surface area contributed by atoms with Gasteiger partial charge in [0, 0.05) is 37.3 Å². The number of aliphatic hydroxyl groups excluding tert-OH is 3. The molecule has 224 valence electrons. The Labute approximate surface area is 239 Å². The Morgan fingerprint density at radius 3 is 2.52 bits per heavy atom. The smallest absolute Gasteiger partial charge is 0.330 e. The number of aliphatic hydroxyl groups is 3. The Bertz CT molecular complexity index is 1480. The molecule has 3 aromatic rings. The topological polar surface area (TPSA) is 208 Å². The van der Waals surface area contributed by atoms with E-state index >= 15 is 0 Å². The highest BCUT2D eigenvalue weighted by Crippen LogP contribution is 2.32. The number of H-pyrrole nitrogens is 1. The molecule has 0 spiro atoms. The monoisotopic (exact) mass is 584 g/mol. The SMILES string of the molecule is NC[C@H]1O[C@@H](O[C@@H](CNC(=O)c2cccc(Oc3ccccc3)c2)[C@@H]2C[C@@H](O)[C@H](n3ccc(=O)[nH]c3=O)O2)[C@H](O)[C@@H]1O. The van der Waals surface area contributed by atoms with Crippen molar-refractivity contribution < 1.29 is 39.1 Å². The summed E-state index contributed by atoms with van der Waals surface area (Å²) in [6, 6.07) is 16.7. The quantitative estimate of drug-likeness (QED) is 0.174. The van der Waals surface area contributed by atoms with Crippen LogP contribution in [0.1, 0.15) is 23.0 Å². The van der Waals surface area contributed by atoms with Crippen LogP contribution in [-0.2, 0) is 14.2 Å². The van der Waals surface area contributed by atoms with E-state index in [2.05, 4.69) is 10.3 Å². The maximum atomic E-state index is 13.1. The van der Waals surface area contributed by atoms with Crippen LogP contribution >= 0.6 is 0 Å². The third-order valence-electron chi connectivity index (χ3n) is 7.06. The number of para-hydroxylation sites is 1. The van der Waals surface area contributed by atoms with Gasteiger partial charge in [0.05, 0.1) is 6.10 Å². The number of nitrogens with zero attached hydrogens (tertiary/aromatic N) is 1. The van der Waals surface area contributed by atoms with Crippen LogP contribution in [0.2, 0.25) is 0 Å². The summed E-state index contributed by atoms with van der Waals surface area (Å²) in [4.78, 5) is 39.0. The summed E-state index contributed by atoms with van der Waals surface area (Å²) in [5.74, 6) is 0.578. The highest BCUT2D eigenvalue weighted by molar-refractivity contribution is 5.94. The average molecular weight is 585 g/mol. The normalized spacial score (nSPS) is 28.0. The van der Waals surface area contributed by atoms with Crippen molar-refractivity contribution in [3.63, 3.8) is 0 Å². The van der Waals surface area contributed by atoms with Crippen molar-refractivity contribution in [1.82, 2.24) is 14.9 Å².